The minimum Gasteiger partial charge on any atom is -0.456 e. The molecule has 0 amide bonds. The van der Waals surface area contributed by atoms with E-state index in [-0.39, 0.29) is 0 Å². The molecule has 1 aliphatic rings. The number of para-hydroxylation sites is 3. The Bertz CT molecular complexity index is 3140. The van der Waals surface area contributed by atoms with Crippen molar-refractivity contribution in [3.63, 3.8) is 0 Å². The van der Waals surface area contributed by atoms with Gasteiger partial charge in [0.2, 0.25) is 0 Å². The number of benzene rings is 10. The SMILES string of the molecule is c1ccc(-c2ccc(-c3ccccc3N(c3cccc(-c4cccc5ccccc45)c3)c3ccccc3-c3cc4c5c(cccc5c3)Oc3ccccc3-4)cc2)cc1. The van der Waals surface area contributed by atoms with Crippen LogP contribution in [0.3, 0.4) is 0 Å². The summed E-state index contributed by atoms with van der Waals surface area (Å²) in [5, 5.41) is 4.76. The van der Waals surface area contributed by atoms with Crippen molar-refractivity contribution in [3.05, 3.63) is 224 Å². The van der Waals surface area contributed by atoms with E-state index in [2.05, 4.69) is 223 Å². The molecule has 1 heterocycles. The summed E-state index contributed by atoms with van der Waals surface area (Å²) in [6.45, 7) is 0. The Labute approximate surface area is 338 Å². The molecule has 0 spiro atoms. The Morgan fingerprint density at radius 1 is 0.293 bits per heavy atom. The van der Waals surface area contributed by atoms with E-state index in [0.29, 0.717) is 0 Å². The van der Waals surface area contributed by atoms with Crippen molar-refractivity contribution in [3.8, 4) is 67.1 Å². The molecule has 272 valence electrons. The zero-order chi connectivity index (χ0) is 38.4. The van der Waals surface area contributed by atoms with Crippen molar-refractivity contribution in [1.82, 2.24) is 0 Å². The van der Waals surface area contributed by atoms with E-state index in [0.717, 1.165) is 67.2 Å². The van der Waals surface area contributed by atoms with Gasteiger partial charge in [0.1, 0.15) is 11.5 Å². The smallest absolute Gasteiger partial charge is 0.135 e. The average Bonchev–Trinajstić information content (AvgIpc) is 3.30. The van der Waals surface area contributed by atoms with Gasteiger partial charge >= 0.3 is 0 Å². The highest BCUT2D eigenvalue weighted by molar-refractivity contribution is 6.07. The second-order valence-corrected chi connectivity index (χ2v) is 14.9. The molecule has 10 aromatic rings. The lowest BCUT2D eigenvalue weighted by atomic mass is 9.90. The standard InChI is InChI=1S/C56H37NO/c1-2-15-38(16-3-1)39-31-33-41(34-32-39)48-23-6-9-27-52(48)57(45-21-12-19-42(36-45)47-26-13-18-40-17-4-5-22-46(40)47)53-28-10-7-24-49(53)44-35-43-20-14-30-55-56(43)51(37-44)50-25-8-11-29-54(50)58-55/h1-37H. The number of rotatable bonds is 7. The molecule has 2 nitrogen and oxygen atoms in total. The topological polar surface area (TPSA) is 12.5 Å². The van der Waals surface area contributed by atoms with Crippen LogP contribution in [-0.2, 0) is 0 Å². The Morgan fingerprint density at radius 2 is 0.845 bits per heavy atom. The van der Waals surface area contributed by atoms with E-state index in [4.69, 9.17) is 4.74 Å². The number of hydrogen-bond donors (Lipinski definition) is 0. The van der Waals surface area contributed by atoms with Gasteiger partial charge in [0.05, 0.1) is 11.4 Å². The van der Waals surface area contributed by atoms with Gasteiger partial charge in [0.15, 0.2) is 0 Å². The fourth-order valence-corrected chi connectivity index (χ4v) is 8.74. The zero-order valence-electron chi connectivity index (χ0n) is 31.7. The van der Waals surface area contributed by atoms with Gasteiger partial charge in [-0.15, -0.1) is 0 Å². The van der Waals surface area contributed by atoms with Crippen LogP contribution in [0.4, 0.5) is 17.1 Å². The summed E-state index contributed by atoms with van der Waals surface area (Å²) in [5.74, 6) is 1.78. The highest BCUT2D eigenvalue weighted by Crippen LogP contribution is 2.50. The zero-order valence-corrected chi connectivity index (χ0v) is 31.7. The first-order valence-electron chi connectivity index (χ1n) is 19.8. The van der Waals surface area contributed by atoms with E-state index < -0.39 is 0 Å². The molecular weight excluding hydrogens is 703 g/mol. The third-order valence-corrected chi connectivity index (χ3v) is 11.4. The summed E-state index contributed by atoms with van der Waals surface area (Å²) >= 11 is 0. The van der Waals surface area contributed by atoms with Crippen LogP contribution in [-0.4, -0.2) is 0 Å². The maximum Gasteiger partial charge on any atom is 0.135 e. The Hall–Kier alpha value is -7.68. The predicted molar refractivity (Wildman–Crippen MR) is 243 cm³/mol. The van der Waals surface area contributed by atoms with Crippen LogP contribution in [0, 0.1) is 0 Å². The van der Waals surface area contributed by atoms with E-state index in [1.807, 2.05) is 6.07 Å². The molecule has 0 unspecified atom stereocenters. The van der Waals surface area contributed by atoms with Gasteiger partial charge < -0.3 is 9.64 Å². The molecule has 0 atom stereocenters. The number of nitrogens with zero attached hydrogens (tertiary/aromatic N) is 1. The van der Waals surface area contributed by atoms with Crippen molar-refractivity contribution in [2.45, 2.75) is 0 Å². The molecule has 2 heteroatoms. The summed E-state index contributed by atoms with van der Waals surface area (Å²) in [4.78, 5) is 2.45. The summed E-state index contributed by atoms with van der Waals surface area (Å²) < 4.78 is 6.43. The van der Waals surface area contributed by atoms with Gasteiger partial charge in [-0.05, 0) is 104 Å². The van der Waals surface area contributed by atoms with Crippen LogP contribution in [0.2, 0.25) is 0 Å². The summed E-state index contributed by atoms with van der Waals surface area (Å²) in [5.41, 5.74) is 14.9. The molecule has 0 aliphatic carbocycles. The molecule has 0 radical (unpaired) electrons. The van der Waals surface area contributed by atoms with Crippen LogP contribution in [0.5, 0.6) is 11.5 Å². The van der Waals surface area contributed by atoms with Crippen molar-refractivity contribution < 1.29 is 4.74 Å². The lowest BCUT2D eigenvalue weighted by molar-refractivity contribution is 0.487. The Kier molecular flexibility index (Phi) is 8.19. The average molecular weight is 740 g/mol. The number of hydrogen-bond acceptors (Lipinski definition) is 2. The van der Waals surface area contributed by atoms with E-state index in [1.165, 1.54) is 38.6 Å². The lowest BCUT2D eigenvalue weighted by Gasteiger charge is -2.30. The largest absolute Gasteiger partial charge is 0.456 e. The maximum atomic E-state index is 6.43. The van der Waals surface area contributed by atoms with Crippen molar-refractivity contribution in [2.24, 2.45) is 0 Å². The molecule has 58 heavy (non-hydrogen) atoms. The Morgan fingerprint density at radius 3 is 1.67 bits per heavy atom. The Balaban J connectivity index is 1.13. The first kappa shape index (κ1) is 33.6. The van der Waals surface area contributed by atoms with E-state index in [1.54, 1.807) is 0 Å². The quantitative estimate of drug-likeness (QED) is 0.161. The molecule has 10 aromatic carbocycles. The third kappa shape index (κ3) is 5.82. The van der Waals surface area contributed by atoms with Gasteiger partial charge in [-0.25, -0.2) is 0 Å². The molecule has 0 bridgehead atoms. The summed E-state index contributed by atoms with van der Waals surface area (Å²) in [7, 11) is 0. The molecule has 0 aromatic heterocycles. The third-order valence-electron chi connectivity index (χ3n) is 11.4. The van der Waals surface area contributed by atoms with Gasteiger partial charge in [-0.3, -0.25) is 0 Å². The van der Waals surface area contributed by atoms with Crippen molar-refractivity contribution in [2.75, 3.05) is 4.90 Å². The van der Waals surface area contributed by atoms with Crippen LogP contribution < -0.4 is 9.64 Å². The van der Waals surface area contributed by atoms with Crippen LogP contribution in [0.25, 0.3) is 77.2 Å². The molecule has 1 aliphatic heterocycles. The molecule has 0 saturated carbocycles. The first-order valence-corrected chi connectivity index (χ1v) is 19.8. The lowest BCUT2D eigenvalue weighted by Crippen LogP contribution is -2.12. The number of ether oxygens (including phenoxy) is 1. The van der Waals surface area contributed by atoms with E-state index in [9.17, 15) is 0 Å². The van der Waals surface area contributed by atoms with Crippen molar-refractivity contribution >= 4 is 38.6 Å². The van der Waals surface area contributed by atoms with Gasteiger partial charge in [0, 0.05) is 27.8 Å². The fraction of sp³-hybridized carbons (Fsp3) is 0. The second-order valence-electron chi connectivity index (χ2n) is 14.9. The monoisotopic (exact) mass is 739 g/mol. The normalized spacial score (nSPS) is 11.6. The molecule has 0 N–H and O–H groups in total. The number of anilines is 3. The molecule has 11 rings (SSSR count). The minimum atomic E-state index is 0.882. The first-order chi connectivity index (χ1) is 28.8. The predicted octanol–water partition coefficient (Wildman–Crippen LogP) is 15.9. The molecule has 0 fully saturated rings. The van der Waals surface area contributed by atoms with Gasteiger partial charge in [-0.1, -0.05) is 176 Å². The highest BCUT2D eigenvalue weighted by atomic mass is 16.5. The van der Waals surface area contributed by atoms with Gasteiger partial charge in [0.25, 0.3) is 0 Å². The number of fused-ring (bicyclic) bond motifs is 3. The summed E-state index contributed by atoms with van der Waals surface area (Å²) in [6, 6.07) is 80.8. The maximum absolute atomic E-state index is 6.43. The summed E-state index contributed by atoms with van der Waals surface area (Å²) in [6.07, 6.45) is 0. The van der Waals surface area contributed by atoms with Crippen molar-refractivity contribution in [1.29, 1.82) is 0 Å². The molecule has 0 saturated heterocycles. The minimum absolute atomic E-state index is 0.882. The van der Waals surface area contributed by atoms with Crippen LogP contribution in [0.15, 0.2) is 224 Å². The van der Waals surface area contributed by atoms with Gasteiger partial charge in [-0.2, -0.15) is 0 Å². The fourth-order valence-electron chi connectivity index (χ4n) is 8.74. The second kappa shape index (κ2) is 14.1. The van der Waals surface area contributed by atoms with Crippen LogP contribution >= 0.6 is 0 Å². The highest BCUT2D eigenvalue weighted by Gasteiger charge is 2.24. The molecular formula is C56H37NO. The van der Waals surface area contributed by atoms with Crippen LogP contribution in [0.1, 0.15) is 0 Å². The van der Waals surface area contributed by atoms with E-state index >= 15 is 0 Å².